The van der Waals surface area contributed by atoms with Crippen molar-refractivity contribution in [2.24, 2.45) is 0 Å². The molecule has 1 fully saturated rings. The molecule has 1 aliphatic heterocycles. The first-order chi connectivity index (χ1) is 8.97. The van der Waals surface area contributed by atoms with E-state index in [9.17, 15) is 8.42 Å². The van der Waals surface area contributed by atoms with Crippen LogP contribution in [0.1, 0.15) is 19.3 Å². The maximum absolute atomic E-state index is 11.4. The Morgan fingerprint density at radius 1 is 1.42 bits per heavy atom. The van der Waals surface area contributed by atoms with Crippen LogP contribution in [0.2, 0.25) is 0 Å². The van der Waals surface area contributed by atoms with E-state index in [0.29, 0.717) is 10.9 Å². The first kappa shape index (κ1) is 14.5. The topological polar surface area (TPSA) is 72.2 Å². The molecular weight excluding hydrogens is 280 g/mol. The molecule has 0 amide bonds. The number of hydrogen-bond acceptors (Lipinski definition) is 5. The molecule has 4 nitrogen and oxygen atoms in total. The van der Waals surface area contributed by atoms with Gasteiger partial charge in [-0.15, -0.1) is 0 Å². The van der Waals surface area contributed by atoms with Crippen molar-refractivity contribution < 1.29 is 8.42 Å². The van der Waals surface area contributed by atoms with E-state index in [-0.39, 0.29) is 4.90 Å². The van der Waals surface area contributed by atoms with Crippen LogP contribution in [0.15, 0.2) is 23.1 Å². The van der Waals surface area contributed by atoms with Crippen molar-refractivity contribution in [2.45, 2.75) is 29.4 Å². The molecule has 1 aliphatic rings. The van der Waals surface area contributed by atoms with Crippen LogP contribution in [0.25, 0.3) is 0 Å². The zero-order chi connectivity index (χ0) is 13.9. The van der Waals surface area contributed by atoms with Crippen molar-refractivity contribution in [1.82, 2.24) is 0 Å². The zero-order valence-electron chi connectivity index (χ0n) is 11.1. The standard InChI is InChI=1S/C13H20N2O2S2/c1-19(16,17)11-5-6-13(12(14)8-11)15-9-10-4-2-3-7-18-10/h5-6,8,10,15H,2-4,7,9,14H2,1H3. The highest BCUT2D eigenvalue weighted by molar-refractivity contribution is 8.00. The number of nitrogens with one attached hydrogen (secondary N) is 1. The normalized spacial score (nSPS) is 20.2. The molecule has 19 heavy (non-hydrogen) atoms. The Kier molecular flexibility index (Phi) is 4.62. The number of rotatable bonds is 4. The van der Waals surface area contributed by atoms with Crippen molar-refractivity contribution in [3.8, 4) is 0 Å². The Morgan fingerprint density at radius 3 is 2.79 bits per heavy atom. The minimum Gasteiger partial charge on any atom is -0.397 e. The SMILES string of the molecule is CS(=O)(=O)c1ccc(NCC2CCCCS2)c(N)c1. The molecule has 0 aliphatic carbocycles. The van der Waals surface area contributed by atoms with Crippen LogP contribution in [0.4, 0.5) is 11.4 Å². The van der Waals surface area contributed by atoms with Crippen molar-refractivity contribution in [3.05, 3.63) is 18.2 Å². The maximum atomic E-state index is 11.4. The molecule has 1 saturated heterocycles. The Balaban J connectivity index is 2.01. The third kappa shape index (κ3) is 4.04. The van der Waals surface area contributed by atoms with E-state index in [2.05, 4.69) is 5.32 Å². The predicted octanol–water partition coefficient (Wildman–Crippen LogP) is 2.37. The Labute approximate surface area is 119 Å². The minimum atomic E-state index is -3.19. The van der Waals surface area contributed by atoms with Crippen LogP contribution in [-0.2, 0) is 9.84 Å². The average molecular weight is 300 g/mol. The van der Waals surface area contributed by atoms with Gasteiger partial charge in [-0.25, -0.2) is 8.42 Å². The second-order valence-corrected chi connectivity index (χ2v) is 8.31. The van der Waals surface area contributed by atoms with Gasteiger partial charge in [0.15, 0.2) is 9.84 Å². The summed E-state index contributed by atoms with van der Waals surface area (Å²) in [6, 6.07) is 4.87. The van der Waals surface area contributed by atoms with Crippen molar-refractivity contribution >= 4 is 33.0 Å². The summed E-state index contributed by atoms with van der Waals surface area (Å²) in [6.07, 6.45) is 5.03. The van der Waals surface area contributed by atoms with Gasteiger partial charge in [-0.1, -0.05) is 6.42 Å². The number of anilines is 2. The minimum absolute atomic E-state index is 0.266. The summed E-state index contributed by atoms with van der Waals surface area (Å²) in [5.74, 6) is 1.23. The third-order valence-electron chi connectivity index (χ3n) is 3.25. The second kappa shape index (κ2) is 6.05. The fourth-order valence-electron chi connectivity index (χ4n) is 2.12. The fourth-order valence-corrected chi connectivity index (χ4v) is 4.02. The molecule has 6 heteroatoms. The van der Waals surface area contributed by atoms with E-state index in [4.69, 9.17) is 5.73 Å². The van der Waals surface area contributed by atoms with E-state index in [1.165, 1.54) is 37.3 Å². The first-order valence-corrected chi connectivity index (χ1v) is 9.36. The highest BCUT2D eigenvalue weighted by Gasteiger charge is 2.14. The largest absolute Gasteiger partial charge is 0.397 e. The van der Waals surface area contributed by atoms with Gasteiger partial charge in [-0.3, -0.25) is 0 Å². The molecule has 0 spiro atoms. The summed E-state index contributed by atoms with van der Waals surface area (Å²) >= 11 is 2.00. The Hall–Kier alpha value is -0.880. The van der Waals surface area contributed by atoms with Crippen LogP contribution >= 0.6 is 11.8 Å². The van der Waals surface area contributed by atoms with Gasteiger partial charge >= 0.3 is 0 Å². The summed E-state index contributed by atoms with van der Waals surface area (Å²) in [4.78, 5) is 0.266. The summed E-state index contributed by atoms with van der Waals surface area (Å²) in [7, 11) is -3.19. The number of nitrogen functional groups attached to an aromatic ring is 1. The number of sulfone groups is 1. The Bertz CT molecular complexity index is 538. The van der Waals surface area contributed by atoms with E-state index in [0.717, 1.165) is 12.2 Å². The van der Waals surface area contributed by atoms with Crippen molar-refractivity contribution in [2.75, 3.05) is 29.6 Å². The lowest BCUT2D eigenvalue weighted by molar-refractivity contribution is 0.602. The van der Waals surface area contributed by atoms with Crippen LogP contribution in [0, 0.1) is 0 Å². The van der Waals surface area contributed by atoms with Gasteiger partial charge in [0.05, 0.1) is 16.3 Å². The molecule has 1 unspecified atom stereocenters. The molecule has 1 heterocycles. The molecule has 2 rings (SSSR count). The molecule has 0 radical (unpaired) electrons. The number of thioether (sulfide) groups is 1. The molecule has 0 aromatic heterocycles. The number of benzene rings is 1. The number of nitrogens with two attached hydrogens (primary N) is 1. The molecule has 106 valence electrons. The summed E-state index contributed by atoms with van der Waals surface area (Å²) in [5.41, 5.74) is 7.21. The molecule has 1 aromatic rings. The van der Waals surface area contributed by atoms with Gasteiger partial charge in [-0.2, -0.15) is 11.8 Å². The lowest BCUT2D eigenvalue weighted by atomic mass is 10.2. The molecule has 0 saturated carbocycles. The fraction of sp³-hybridized carbons (Fsp3) is 0.538. The summed E-state index contributed by atoms with van der Waals surface area (Å²) < 4.78 is 22.8. The van der Waals surface area contributed by atoms with Crippen molar-refractivity contribution in [3.63, 3.8) is 0 Å². The average Bonchev–Trinajstić information content (AvgIpc) is 2.37. The van der Waals surface area contributed by atoms with E-state index < -0.39 is 9.84 Å². The molecule has 1 atom stereocenters. The summed E-state index contributed by atoms with van der Waals surface area (Å²) in [5, 5.41) is 3.95. The second-order valence-electron chi connectivity index (χ2n) is 4.89. The predicted molar refractivity (Wildman–Crippen MR) is 82.6 cm³/mol. The molecular formula is C13H20N2O2S2. The number of hydrogen-bond donors (Lipinski definition) is 2. The monoisotopic (exact) mass is 300 g/mol. The lowest BCUT2D eigenvalue weighted by Crippen LogP contribution is -2.20. The van der Waals surface area contributed by atoms with Gasteiger partial charge in [0, 0.05) is 18.1 Å². The van der Waals surface area contributed by atoms with Crippen molar-refractivity contribution in [1.29, 1.82) is 0 Å². The van der Waals surface area contributed by atoms with Gasteiger partial charge in [0.1, 0.15) is 0 Å². The molecule has 1 aromatic carbocycles. The Morgan fingerprint density at radius 2 is 2.21 bits per heavy atom. The van der Waals surface area contributed by atoms with E-state index in [1.807, 2.05) is 11.8 Å². The zero-order valence-corrected chi connectivity index (χ0v) is 12.7. The van der Waals surface area contributed by atoms with Crippen LogP contribution in [-0.4, -0.2) is 32.2 Å². The van der Waals surface area contributed by atoms with E-state index in [1.54, 1.807) is 12.1 Å². The van der Waals surface area contributed by atoms with E-state index >= 15 is 0 Å². The van der Waals surface area contributed by atoms with Gasteiger partial charge in [-0.05, 0) is 36.8 Å². The maximum Gasteiger partial charge on any atom is 0.175 e. The highest BCUT2D eigenvalue weighted by Crippen LogP contribution is 2.27. The molecule has 3 N–H and O–H groups in total. The lowest BCUT2D eigenvalue weighted by Gasteiger charge is -2.22. The van der Waals surface area contributed by atoms with Crippen LogP contribution < -0.4 is 11.1 Å². The van der Waals surface area contributed by atoms with Crippen LogP contribution in [0.5, 0.6) is 0 Å². The van der Waals surface area contributed by atoms with Gasteiger partial charge < -0.3 is 11.1 Å². The van der Waals surface area contributed by atoms with Crippen LogP contribution in [0.3, 0.4) is 0 Å². The summed E-state index contributed by atoms with van der Waals surface area (Å²) in [6.45, 7) is 0.882. The first-order valence-electron chi connectivity index (χ1n) is 6.42. The highest BCUT2D eigenvalue weighted by atomic mass is 32.2. The van der Waals surface area contributed by atoms with Gasteiger partial charge in [0.25, 0.3) is 0 Å². The third-order valence-corrected chi connectivity index (χ3v) is 5.75. The quantitative estimate of drug-likeness (QED) is 0.835. The van der Waals surface area contributed by atoms with Gasteiger partial charge in [0.2, 0.25) is 0 Å². The molecule has 0 bridgehead atoms. The smallest absolute Gasteiger partial charge is 0.175 e.